The Bertz CT molecular complexity index is 4410. The first-order chi connectivity index (χ1) is 37.2. The van der Waals surface area contributed by atoms with Crippen LogP contribution in [0.25, 0.3) is 54.9 Å². The molecule has 0 amide bonds. The molecule has 5 nitrogen and oxygen atoms in total. The van der Waals surface area contributed by atoms with Crippen molar-refractivity contribution in [2.75, 3.05) is 4.90 Å². The third-order valence-corrected chi connectivity index (χ3v) is 25.2. The van der Waals surface area contributed by atoms with Crippen LogP contribution in [0.2, 0.25) is 0 Å². The molecule has 5 heterocycles. The molecule has 1 aliphatic rings. The first-order valence-corrected chi connectivity index (χ1v) is 29.6. The van der Waals surface area contributed by atoms with Gasteiger partial charge in [-0.05, 0) is 79.0 Å². The van der Waals surface area contributed by atoms with Crippen LogP contribution in [0.5, 0.6) is 0 Å². The van der Waals surface area contributed by atoms with Gasteiger partial charge in [-0.1, -0.05) is 193 Å². The predicted molar refractivity (Wildman–Crippen MR) is 315 cm³/mol. The van der Waals surface area contributed by atoms with Gasteiger partial charge in [0, 0.05) is 46.3 Å². The predicted octanol–water partition coefficient (Wildman–Crippen LogP) is 10.3. The molecule has 8 heteroatoms. The molecule has 0 spiro atoms. The number of para-hydroxylation sites is 3. The van der Waals surface area contributed by atoms with Crippen molar-refractivity contribution in [3.8, 4) is 5.69 Å². The zero-order valence-electron chi connectivity index (χ0n) is 41.0. The molecule has 0 aliphatic carbocycles. The molecule has 0 saturated carbocycles. The van der Waals surface area contributed by atoms with Crippen LogP contribution in [0, 0.1) is 12.1 Å². The van der Waals surface area contributed by atoms with E-state index in [-0.39, 0.29) is 20.4 Å². The molecule has 76 heavy (non-hydrogen) atoms. The standard InChI is InChI=1S/C68H45N5Si2.Pd/c1-6-22-48(23-7-1)72-61-37-18-19-38-63(61)75(52-29-12-4-13-30-52,53-31-14-5-15-32-53)64-42-41-62-65(66(64)72)58-35-21-43-69-68(58)73(62)49-24-20-33-54(46-49)74(50-25-8-2-9-26-50,51-27-10-3-11-28-51)55-39-40-56-57-34-16-17-36-60(57)71-45-44-70-67(71)59(56)47-55;/h1-45H;/q-2;+2. The Hall–Kier alpha value is -8.74. The van der Waals surface area contributed by atoms with Crippen LogP contribution < -0.4 is 46.4 Å². The minimum Gasteiger partial charge on any atom is -0.340 e. The van der Waals surface area contributed by atoms with Gasteiger partial charge < -0.3 is 13.9 Å². The molecule has 0 N–H and O–H groups in total. The van der Waals surface area contributed by atoms with E-state index in [4.69, 9.17) is 9.97 Å². The minimum atomic E-state index is -3.23. The van der Waals surface area contributed by atoms with E-state index in [1.54, 1.807) is 0 Å². The molecule has 4 aromatic heterocycles. The summed E-state index contributed by atoms with van der Waals surface area (Å²) in [6.07, 6.45) is 5.90. The van der Waals surface area contributed by atoms with Crippen LogP contribution >= 0.6 is 0 Å². The summed E-state index contributed by atoms with van der Waals surface area (Å²) in [5.74, 6) is 0. The van der Waals surface area contributed by atoms with Crippen LogP contribution in [0.4, 0.5) is 17.1 Å². The number of fused-ring (bicyclic) bond motifs is 12. The first-order valence-electron chi connectivity index (χ1n) is 25.6. The topological polar surface area (TPSA) is 38.4 Å². The summed E-state index contributed by atoms with van der Waals surface area (Å²) >= 11 is 0. The molecule has 360 valence electrons. The van der Waals surface area contributed by atoms with Gasteiger partial charge in [-0.25, -0.2) is 4.98 Å². The molecule has 15 rings (SSSR count). The van der Waals surface area contributed by atoms with Gasteiger partial charge in [-0.15, -0.1) is 34.8 Å². The van der Waals surface area contributed by atoms with E-state index in [2.05, 4.69) is 287 Å². The third kappa shape index (κ3) is 6.59. The summed E-state index contributed by atoms with van der Waals surface area (Å²) in [5.41, 5.74) is 8.37. The van der Waals surface area contributed by atoms with Crippen LogP contribution in [-0.4, -0.2) is 35.1 Å². The molecule has 0 radical (unpaired) electrons. The first kappa shape index (κ1) is 45.8. The number of anilines is 3. The molecular formula is C68H45N5PdSi2. The van der Waals surface area contributed by atoms with Gasteiger partial charge in [-0.2, -0.15) is 23.4 Å². The molecule has 1 aliphatic heterocycles. The van der Waals surface area contributed by atoms with E-state index in [0.29, 0.717) is 0 Å². The van der Waals surface area contributed by atoms with Gasteiger partial charge in [0.15, 0.2) is 8.07 Å². The van der Waals surface area contributed by atoms with Crippen molar-refractivity contribution in [3.05, 3.63) is 286 Å². The van der Waals surface area contributed by atoms with Gasteiger partial charge in [0.2, 0.25) is 0 Å². The number of benzene rings is 10. The minimum absolute atomic E-state index is 0. The number of aromatic nitrogens is 4. The summed E-state index contributed by atoms with van der Waals surface area (Å²) < 4.78 is 4.57. The summed E-state index contributed by atoms with van der Waals surface area (Å²) in [6.45, 7) is 0. The van der Waals surface area contributed by atoms with E-state index >= 15 is 0 Å². The van der Waals surface area contributed by atoms with Crippen LogP contribution in [-0.2, 0) is 20.4 Å². The van der Waals surface area contributed by atoms with Crippen LogP contribution in [0.15, 0.2) is 273 Å². The van der Waals surface area contributed by atoms with Gasteiger partial charge in [0.05, 0.1) is 16.9 Å². The van der Waals surface area contributed by atoms with E-state index in [9.17, 15) is 0 Å². The van der Waals surface area contributed by atoms with E-state index in [1.807, 2.05) is 12.4 Å². The summed E-state index contributed by atoms with van der Waals surface area (Å²) in [5, 5.41) is 15.7. The van der Waals surface area contributed by atoms with Crippen LogP contribution in [0.1, 0.15) is 0 Å². The molecule has 0 fully saturated rings. The van der Waals surface area contributed by atoms with E-state index < -0.39 is 16.1 Å². The van der Waals surface area contributed by atoms with E-state index in [0.717, 1.165) is 65.6 Å². The number of hydrogen-bond donors (Lipinski definition) is 0. The second-order valence-corrected chi connectivity index (χ2v) is 26.9. The normalized spacial score (nSPS) is 13.0. The Morgan fingerprint density at radius 3 is 1.75 bits per heavy atom. The number of imidazole rings is 1. The average Bonchev–Trinajstić information content (AvgIpc) is 4.29. The zero-order valence-corrected chi connectivity index (χ0v) is 44.6. The maximum atomic E-state index is 5.32. The molecule has 14 aromatic rings. The maximum Gasteiger partial charge on any atom is 2.00 e. The zero-order chi connectivity index (χ0) is 49.5. The molecule has 0 atom stereocenters. The second-order valence-electron chi connectivity index (χ2n) is 19.5. The smallest absolute Gasteiger partial charge is 0.340 e. The third-order valence-electron chi connectivity index (χ3n) is 15.8. The molecule has 0 saturated heterocycles. The fraction of sp³-hybridized carbons (Fsp3) is 0. The Kier molecular flexibility index (Phi) is 11.0. The van der Waals surface area contributed by atoms with Crippen molar-refractivity contribution < 1.29 is 20.4 Å². The molecule has 10 aromatic carbocycles. The Morgan fingerprint density at radius 2 is 1.03 bits per heavy atom. The molecule has 0 bridgehead atoms. The summed E-state index contributed by atoms with van der Waals surface area (Å²) in [6, 6.07) is 102. The Labute approximate surface area is 456 Å². The van der Waals surface area contributed by atoms with Crippen LogP contribution in [0.3, 0.4) is 0 Å². The van der Waals surface area contributed by atoms with Gasteiger partial charge in [-0.3, -0.25) is 4.98 Å². The van der Waals surface area contributed by atoms with Crippen molar-refractivity contribution in [1.29, 1.82) is 0 Å². The SMILES string of the molecule is [Pd+2].[c-]1c(-n2c3ccc4c(c3c3cccnc32)N(c2ccccc2)c2ccccc2[Si]4(c2ccccc2)c2ccccc2)cccc1[Si](c1[c-]c2c(cc1)c1ccccc1n1ccnc21)(c1ccccc1)c1ccccc1. The maximum absolute atomic E-state index is 5.32. The van der Waals surface area contributed by atoms with Crippen molar-refractivity contribution in [3.63, 3.8) is 0 Å². The molecular weight excluding hydrogens is 1050 g/mol. The molecule has 0 unspecified atom stereocenters. The Balaban J connectivity index is 0.00000528. The summed E-state index contributed by atoms with van der Waals surface area (Å²) in [7, 11) is -6.23. The largest absolute Gasteiger partial charge is 2.00 e. The van der Waals surface area contributed by atoms with Crippen molar-refractivity contribution in [2.45, 2.75) is 0 Å². The second kappa shape index (κ2) is 18.3. The fourth-order valence-electron chi connectivity index (χ4n) is 12.8. The number of nitrogens with zero attached hydrogens (tertiary/aromatic N) is 5. The van der Waals surface area contributed by atoms with Crippen molar-refractivity contribution in [2.24, 2.45) is 0 Å². The average molecular weight is 1090 g/mol. The quantitative estimate of drug-likeness (QED) is 0.0659. The fourth-order valence-corrected chi connectivity index (χ4v) is 22.4. The van der Waals surface area contributed by atoms with Crippen molar-refractivity contribution >= 4 is 124 Å². The monoisotopic (exact) mass is 1090 g/mol. The van der Waals surface area contributed by atoms with Gasteiger partial charge >= 0.3 is 20.4 Å². The Morgan fingerprint density at radius 1 is 0.421 bits per heavy atom. The number of hydrogen-bond acceptors (Lipinski definition) is 3. The number of rotatable bonds is 8. The van der Waals surface area contributed by atoms with E-state index in [1.165, 1.54) is 47.9 Å². The van der Waals surface area contributed by atoms with Gasteiger partial charge in [0.25, 0.3) is 0 Å². The number of pyridine rings is 2. The van der Waals surface area contributed by atoms with Gasteiger partial charge in [0.1, 0.15) is 13.7 Å². The summed E-state index contributed by atoms with van der Waals surface area (Å²) in [4.78, 5) is 12.8. The van der Waals surface area contributed by atoms with Crippen molar-refractivity contribution in [1.82, 2.24) is 18.9 Å².